The zero-order valence-electron chi connectivity index (χ0n) is 15.6. The molecule has 7 nitrogen and oxygen atoms in total. The van der Waals surface area contributed by atoms with Crippen LogP contribution in [-0.4, -0.2) is 30.1 Å². The van der Waals surface area contributed by atoms with Gasteiger partial charge in [0, 0.05) is 12.1 Å². The van der Waals surface area contributed by atoms with E-state index in [9.17, 15) is 18.8 Å². The molecule has 0 saturated heterocycles. The van der Waals surface area contributed by atoms with Crippen LogP contribution in [0.25, 0.3) is 0 Å². The van der Waals surface area contributed by atoms with Gasteiger partial charge in [-0.15, -0.1) is 0 Å². The number of urea groups is 1. The monoisotopic (exact) mass is 387 g/mol. The summed E-state index contributed by atoms with van der Waals surface area (Å²) in [4.78, 5) is 35.9. The number of nitrogens with two attached hydrogens (primary N) is 1. The van der Waals surface area contributed by atoms with Gasteiger partial charge in [0.1, 0.15) is 11.9 Å². The minimum atomic E-state index is -1.16. The van der Waals surface area contributed by atoms with Crippen molar-refractivity contribution in [3.63, 3.8) is 0 Å². The van der Waals surface area contributed by atoms with Crippen LogP contribution in [0, 0.1) is 12.7 Å². The summed E-state index contributed by atoms with van der Waals surface area (Å²) >= 11 is 0. The smallest absolute Gasteiger partial charge is 0.329 e. The number of rotatable bonds is 7. The Morgan fingerprint density at radius 1 is 1.14 bits per heavy atom. The molecule has 0 aliphatic heterocycles. The molecule has 0 aromatic heterocycles. The predicted molar refractivity (Wildman–Crippen MR) is 102 cm³/mol. The summed E-state index contributed by atoms with van der Waals surface area (Å²) in [5.74, 6) is -1.90. The van der Waals surface area contributed by atoms with Crippen molar-refractivity contribution < 1.29 is 23.5 Å². The molecule has 0 fully saturated rings. The van der Waals surface area contributed by atoms with Crippen LogP contribution >= 0.6 is 0 Å². The Morgan fingerprint density at radius 3 is 2.43 bits per heavy atom. The normalized spacial score (nSPS) is 12.5. The molecule has 3 amide bonds. The lowest BCUT2D eigenvalue weighted by Crippen LogP contribution is -2.47. The standard InChI is InChI=1S/C20H22FN3O4/c1-12-8-9-15(11-16(12)21)23-18(25)13(2)28-19(26)17(24-20(22)27)10-14-6-4-3-5-7-14/h3-9,11,13,17H,10H2,1-2H3,(H,23,25)(H3,22,24,27)/t13-,17-/m0/s1. The molecule has 4 N–H and O–H groups in total. The maximum atomic E-state index is 13.6. The van der Waals surface area contributed by atoms with Crippen molar-refractivity contribution in [2.24, 2.45) is 5.73 Å². The molecule has 2 atom stereocenters. The lowest BCUT2D eigenvalue weighted by Gasteiger charge is -2.20. The highest BCUT2D eigenvalue weighted by Crippen LogP contribution is 2.14. The van der Waals surface area contributed by atoms with Crippen LogP contribution in [0.4, 0.5) is 14.9 Å². The zero-order valence-corrected chi connectivity index (χ0v) is 15.6. The van der Waals surface area contributed by atoms with Crippen molar-refractivity contribution in [2.75, 3.05) is 5.32 Å². The highest BCUT2D eigenvalue weighted by molar-refractivity contribution is 5.95. The average molecular weight is 387 g/mol. The van der Waals surface area contributed by atoms with E-state index in [1.165, 1.54) is 25.1 Å². The predicted octanol–water partition coefficient (Wildman–Crippen LogP) is 2.28. The topological polar surface area (TPSA) is 111 Å². The molecule has 0 bridgehead atoms. The number of carbonyl (C=O) groups is 3. The first kappa shape index (κ1) is 20.9. The highest BCUT2D eigenvalue weighted by Gasteiger charge is 2.26. The third kappa shape index (κ3) is 6.08. The molecule has 0 saturated carbocycles. The van der Waals surface area contributed by atoms with E-state index < -0.39 is 35.9 Å². The quantitative estimate of drug-likeness (QED) is 0.633. The molecule has 2 aromatic rings. The van der Waals surface area contributed by atoms with E-state index in [0.717, 1.165) is 5.56 Å². The van der Waals surface area contributed by atoms with Crippen molar-refractivity contribution in [1.29, 1.82) is 0 Å². The largest absolute Gasteiger partial charge is 0.451 e. The SMILES string of the molecule is Cc1ccc(NC(=O)[C@H](C)OC(=O)[C@H](Cc2ccccc2)NC(N)=O)cc1F. The fourth-order valence-electron chi connectivity index (χ4n) is 2.44. The van der Waals surface area contributed by atoms with E-state index >= 15 is 0 Å². The molecule has 0 aliphatic carbocycles. The average Bonchev–Trinajstić information content (AvgIpc) is 2.64. The van der Waals surface area contributed by atoms with Crippen LogP contribution in [0.3, 0.4) is 0 Å². The second-order valence-electron chi connectivity index (χ2n) is 6.28. The molecule has 28 heavy (non-hydrogen) atoms. The van der Waals surface area contributed by atoms with Crippen LogP contribution in [0.2, 0.25) is 0 Å². The number of aryl methyl sites for hydroxylation is 1. The second-order valence-corrected chi connectivity index (χ2v) is 6.28. The second kappa shape index (κ2) is 9.50. The van der Waals surface area contributed by atoms with E-state index in [4.69, 9.17) is 10.5 Å². The molecule has 0 aliphatic rings. The number of benzene rings is 2. The van der Waals surface area contributed by atoms with E-state index in [1.54, 1.807) is 31.2 Å². The lowest BCUT2D eigenvalue weighted by atomic mass is 10.1. The van der Waals surface area contributed by atoms with Crippen LogP contribution in [0.1, 0.15) is 18.1 Å². The van der Waals surface area contributed by atoms with Gasteiger partial charge in [0.05, 0.1) is 0 Å². The molecule has 148 valence electrons. The van der Waals surface area contributed by atoms with Gasteiger partial charge >= 0.3 is 12.0 Å². The van der Waals surface area contributed by atoms with Gasteiger partial charge < -0.3 is 21.1 Å². The number of primary amides is 1. The van der Waals surface area contributed by atoms with Gasteiger partial charge in [-0.05, 0) is 37.1 Å². The van der Waals surface area contributed by atoms with Gasteiger partial charge in [-0.25, -0.2) is 14.0 Å². The van der Waals surface area contributed by atoms with E-state index in [1.807, 2.05) is 6.07 Å². The molecule has 0 heterocycles. The van der Waals surface area contributed by atoms with Crippen LogP contribution < -0.4 is 16.4 Å². The number of ether oxygens (including phenoxy) is 1. The fraction of sp³-hybridized carbons (Fsp3) is 0.250. The first-order chi connectivity index (χ1) is 13.3. The number of hydrogen-bond acceptors (Lipinski definition) is 4. The number of nitrogens with one attached hydrogen (secondary N) is 2. The minimum Gasteiger partial charge on any atom is -0.451 e. The van der Waals surface area contributed by atoms with Crippen molar-refractivity contribution in [1.82, 2.24) is 5.32 Å². The number of amides is 3. The highest BCUT2D eigenvalue weighted by atomic mass is 19.1. The molecule has 8 heteroatoms. The first-order valence-electron chi connectivity index (χ1n) is 8.63. The van der Waals surface area contributed by atoms with Crippen LogP contribution in [0.15, 0.2) is 48.5 Å². The van der Waals surface area contributed by atoms with Gasteiger partial charge in [0.25, 0.3) is 5.91 Å². The van der Waals surface area contributed by atoms with Gasteiger partial charge in [-0.1, -0.05) is 36.4 Å². The molecular weight excluding hydrogens is 365 g/mol. The van der Waals surface area contributed by atoms with Crippen molar-refractivity contribution >= 4 is 23.6 Å². The first-order valence-corrected chi connectivity index (χ1v) is 8.63. The van der Waals surface area contributed by atoms with E-state index in [-0.39, 0.29) is 12.1 Å². The Labute approximate surface area is 162 Å². The van der Waals surface area contributed by atoms with Gasteiger partial charge in [0.15, 0.2) is 6.10 Å². The van der Waals surface area contributed by atoms with E-state index in [0.29, 0.717) is 5.56 Å². The Bertz CT molecular complexity index is 858. The summed E-state index contributed by atoms with van der Waals surface area (Å²) in [6.45, 7) is 2.98. The van der Waals surface area contributed by atoms with Gasteiger partial charge in [0.2, 0.25) is 0 Å². The number of esters is 1. The Morgan fingerprint density at radius 2 is 1.82 bits per heavy atom. The van der Waals surface area contributed by atoms with Crippen molar-refractivity contribution in [2.45, 2.75) is 32.4 Å². The van der Waals surface area contributed by atoms with Gasteiger partial charge in [-0.2, -0.15) is 0 Å². The Kier molecular flexibility index (Phi) is 7.08. The summed E-state index contributed by atoms with van der Waals surface area (Å²) < 4.78 is 18.7. The Balaban J connectivity index is 2.00. The summed E-state index contributed by atoms with van der Waals surface area (Å²) in [7, 11) is 0. The van der Waals surface area contributed by atoms with E-state index in [2.05, 4.69) is 10.6 Å². The minimum absolute atomic E-state index is 0.153. The molecule has 0 spiro atoms. The summed E-state index contributed by atoms with van der Waals surface area (Å²) in [6.07, 6.45) is -1.01. The van der Waals surface area contributed by atoms with Gasteiger partial charge in [-0.3, -0.25) is 4.79 Å². The third-order valence-corrected chi connectivity index (χ3v) is 3.99. The maximum absolute atomic E-state index is 13.6. The number of halogens is 1. The fourth-order valence-corrected chi connectivity index (χ4v) is 2.44. The lowest BCUT2D eigenvalue weighted by molar-refractivity contribution is -0.155. The van der Waals surface area contributed by atoms with Crippen LogP contribution in [0.5, 0.6) is 0 Å². The third-order valence-electron chi connectivity index (χ3n) is 3.99. The summed E-state index contributed by atoms with van der Waals surface area (Å²) in [6, 6.07) is 11.3. The summed E-state index contributed by atoms with van der Waals surface area (Å²) in [5.41, 5.74) is 6.60. The number of anilines is 1. The molecule has 0 radical (unpaired) electrons. The molecule has 0 unspecified atom stereocenters. The molecule has 2 rings (SSSR count). The maximum Gasteiger partial charge on any atom is 0.329 e. The molecular formula is C20H22FN3O4. The molecule has 2 aromatic carbocycles. The zero-order chi connectivity index (χ0) is 20.7. The van der Waals surface area contributed by atoms with Crippen molar-refractivity contribution in [3.05, 3.63) is 65.5 Å². The number of hydrogen-bond donors (Lipinski definition) is 3. The summed E-state index contributed by atoms with van der Waals surface area (Å²) in [5, 5.41) is 4.80. The number of carbonyl (C=O) groups excluding carboxylic acids is 3. The van der Waals surface area contributed by atoms with Crippen molar-refractivity contribution in [3.8, 4) is 0 Å². The van der Waals surface area contributed by atoms with Crippen LogP contribution in [-0.2, 0) is 20.7 Å². The Hall–Kier alpha value is -3.42.